The Labute approximate surface area is 163 Å². The summed E-state index contributed by atoms with van der Waals surface area (Å²) in [7, 11) is 0. The minimum atomic E-state index is 0.150. The smallest absolute Gasteiger partial charge is 0.113 e. The first kappa shape index (κ1) is 18.5. The Bertz CT molecular complexity index is 943. The van der Waals surface area contributed by atoms with Gasteiger partial charge in [-0.25, -0.2) is 9.36 Å². The number of nitrogens with zero attached hydrogens (tertiary/aromatic N) is 6. The highest BCUT2D eigenvalue weighted by Crippen LogP contribution is 2.11. The van der Waals surface area contributed by atoms with Gasteiger partial charge in [0, 0.05) is 0 Å². The van der Waals surface area contributed by atoms with Crippen LogP contribution < -0.4 is 10.6 Å². The number of hydrogen-bond donors (Lipinski definition) is 2. The number of para-hydroxylation sites is 2. The quantitative estimate of drug-likeness (QED) is 0.326. The van der Waals surface area contributed by atoms with E-state index in [0.29, 0.717) is 13.3 Å². The number of aromatic nitrogens is 6. The van der Waals surface area contributed by atoms with E-state index in [9.17, 15) is 0 Å². The van der Waals surface area contributed by atoms with Gasteiger partial charge >= 0.3 is 0 Å². The average Bonchev–Trinajstić information content (AvgIpc) is 3.34. The van der Waals surface area contributed by atoms with Crippen LogP contribution in [0, 0.1) is 0 Å². The fourth-order valence-electron chi connectivity index (χ4n) is 3.34. The number of nitrogens with one attached hydrogen (secondary N) is 2. The molecule has 0 bridgehead atoms. The molecule has 0 aliphatic rings. The molecular formula is C20H26N8. The molecule has 0 radical (unpaired) electrons. The minimum Gasteiger partial charge on any atom is -0.283 e. The van der Waals surface area contributed by atoms with E-state index >= 15 is 0 Å². The van der Waals surface area contributed by atoms with Crippen molar-refractivity contribution in [1.82, 2.24) is 40.6 Å². The first-order valence-electron chi connectivity index (χ1n) is 9.88. The van der Waals surface area contributed by atoms with Gasteiger partial charge in [-0.1, -0.05) is 60.9 Å². The van der Waals surface area contributed by atoms with Crippen LogP contribution in [0.3, 0.4) is 0 Å². The molecule has 2 heterocycles. The molecule has 146 valence electrons. The molecule has 8 nitrogen and oxygen atoms in total. The van der Waals surface area contributed by atoms with E-state index in [4.69, 9.17) is 0 Å². The van der Waals surface area contributed by atoms with Crippen molar-refractivity contribution >= 4 is 22.1 Å². The Morgan fingerprint density at radius 2 is 1.32 bits per heavy atom. The molecule has 4 rings (SSSR count). The molecule has 28 heavy (non-hydrogen) atoms. The van der Waals surface area contributed by atoms with Crippen molar-refractivity contribution < 1.29 is 0 Å². The summed E-state index contributed by atoms with van der Waals surface area (Å²) in [5, 5.41) is 24.1. The van der Waals surface area contributed by atoms with Gasteiger partial charge in [0.2, 0.25) is 0 Å². The first-order valence-corrected chi connectivity index (χ1v) is 9.88. The number of hydrogen-bond acceptors (Lipinski definition) is 6. The van der Waals surface area contributed by atoms with Gasteiger partial charge < -0.3 is 0 Å². The summed E-state index contributed by atoms with van der Waals surface area (Å²) < 4.78 is 3.80. The monoisotopic (exact) mass is 378 g/mol. The van der Waals surface area contributed by atoms with Crippen molar-refractivity contribution in [2.24, 2.45) is 0 Å². The Hall–Kier alpha value is -2.84. The van der Waals surface area contributed by atoms with E-state index in [0.717, 1.165) is 34.9 Å². The maximum Gasteiger partial charge on any atom is 0.113 e. The lowest BCUT2D eigenvalue weighted by atomic mass is 10.2. The molecule has 2 N–H and O–H groups in total. The molecule has 2 aromatic carbocycles. The molecule has 0 unspecified atom stereocenters. The topological polar surface area (TPSA) is 85.5 Å². The highest BCUT2D eigenvalue weighted by molar-refractivity contribution is 5.74. The predicted octanol–water partition coefficient (Wildman–Crippen LogP) is 2.88. The van der Waals surface area contributed by atoms with Crippen molar-refractivity contribution in [3.8, 4) is 0 Å². The fraction of sp³-hybridized carbons (Fsp3) is 0.400. The summed E-state index contributed by atoms with van der Waals surface area (Å²) in [6.07, 6.45) is 4.77. The first-order chi connectivity index (χ1) is 13.8. The zero-order valence-electron chi connectivity index (χ0n) is 16.1. The van der Waals surface area contributed by atoms with Crippen molar-refractivity contribution in [3.63, 3.8) is 0 Å². The van der Waals surface area contributed by atoms with E-state index in [2.05, 4.69) is 38.2 Å². The zero-order chi connectivity index (χ0) is 19.2. The van der Waals surface area contributed by atoms with Gasteiger partial charge in [0.25, 0.3) is 0 Å². The van der Waals surface area contributed by atoms with E-state index in [1.165, 1.54) is 12.8 Å². The van der Waals surface area contributed by atoms with Gasteiger partial charge in [-0.3, -0.25) is 10.6 Å². The summed E-state index contributed by atoms with van der Waals surface area (Å²) >= 11 is 0. The van der Waals surface area contributed by atoms with Gasteiger partial charge in [-0.05, 0) is 30.7 Å². The Kier molecular flexibility index (Phi) is 5.89. The number of benzene rings is 2. The second kappa shape index (κ2) is 8.90. The summed E-state index contributed by atoms with van der Waals surface area (Å²) in [5.41, 5.74) is 3.89. The van der Waals surface area contributed by atoms with Crippen molar-refractivity contribution in [2.75, 3.05) is 0 Å². The van der Waals surface area contributed by atoms with E-state index in [1.807, 2.05) is 57.9 Å². The van der Waals surface area contributed by atoms with Crippen LogP contribution in [0.5, 0.6) is 0 Å². The summed E-state index contributed by atoms with van der Waals surface area (Å²) in [6, 6.07) is 16.0. The summed E-state index contributed by atoms with van der Waals surface area (Å²) in [5.74, 6) is 0. The second-order valence-electron chi connectivity index (χ2n) is 6.93. The average molecular weight is 378 g/mol. The van der Waals surface area contributed by atoms with Crippen molar-refractivity contribution in [3.05, 3.63) is 48.5 Å². The molecular weight excluding hydrogens is 352 g/mol. The van der Waals surface area contributed by atoms with Crippen LogP contribution in [0.1, 0.15) is 32.6 Å². The van der Waals surface area contributed by atoms with Crippen molar-refractivity contribution in [2.45, 2.75) is 52.1 Å². The third-order valence-electron chi connectivity index (χ3n) is 4.91. The molecule has 0 saturated carbocycles. The Balaban J connectivity index is 1.41. The SMILES string of the molecule is CCCCCC(NCn1nnc2ccccc21)NCn1nnc2ccccc21. The van der Waals surface area contributed by atoms with E-state index in [-0.39, 0.29) is 6.17 Å². The van der Waals surface area contributed by atoms with E-state index < -0.39 is 0 Å². The van der Waals surface area contributed by atoms with Crippen molar-refractivity contribution in [1.29, 1.82) is 0 Å². The fourth-order valence-corrected chi connectivity index (χ4v) is 3.34. The van der Waals surface area contributed by atoms with Crippen LogP contribution in [-0.2, 0) is 13.3 Å². The number of fused-ring (bicyclic) bond motifs is 2. The third-order valence-corrected chi connectivity index (χ3v) is 4.91. The Morgan fingerprint density at radius 3 is 1.86 bits per heavy atom. The van der Waals surface area contributed by atoms with Crippen LogP contribution >= 0.6 is 0 Å². The van der Waals surface area contributed by atoms with Gasteiger partial charge in [0.15, 0.2) is 0 Å². The molecule has 0 amide bonds. The lowest BCUT2D eigenvalue weighted by molar-refractivity contribution is 0.319. The predicted molar refractivity (Wildman–Crippen MR) is 109 cm³/mol. The standard InChI is InChI=1S/C20H26N8/c1-2-3-4-13-20(21-14-27-18-11-7-5-9-16(18)23-25-27)22-15-28-19-12-8-6-10-17(19)24-26-28/h5-12,20-22H,2-4,13-15H2,1H3. The molecule has 8 heteroatoms. The molecule has 0 atom stereocenters. The summed E-state index contributed by atoms with van der Waals surface area (Å²) in [6.45, 7) is 3.42. The number of unbranched alkanes of at least 4 members (excludes halogenated alkanes) is 2. The largest absolute Gasteiger partial charge is 0.283 e. The molecule has 0 aliphatic heterocycles. The van der Waals surface area contributed by atoms with Gasteiger partial charge in [-0.2, -0.15) is 0 Å². The normalized spacial score (nSPS) is 11.8. The minimum absolute atomic E-state index is 0.150. The van der Waals surface area contributed by atoms with Gasteiger partial charge in [0.1, 0.15) is 11.0 Å². The lowest BCUT2D eigenvalue weighted by Crippen LogP contribution is -2.44. The van der Waals surface area contributed by atoms with Crippen LogP contribution in [0.25, 0.3) is 22.1 Å². The lowest BCUT2D eigenvalue weighted by Gasteiger charge is -2.20. The van der Waals surface area contributed by atoms with Crippen LogP contribution in [0.4, 0.5) is 0 Å². The molecule has 0 saturated heterocycles. The summed E-state index contributed by atoms with van der Waals surface area (Å²) in [4.78, 5) is 0. The van der Waals surface area contributed by atoms with Gasteiger partial charge in [0.05, 0.1) is 30.5 Å². The number of rotatable bonds is 10. The van der Waals surface area contributed by atoms with E-state index in [1.54, 1.807) is 0 Å². The van der Waals surface area contributed by atoms with Crippen LogP contribution in [0.2, 0.25) is 0 Å². The third kappa shape index (κ3) is 4.18. The molecule has 0 spiro atoms. The maximum absolute atomic E-state index is 4.26. The van der Waals surface area contributed by atoms with Crippen LogP contribution in [0.15, 0.2) is 48.5 Å². The molecule has 2 aromatic heterocycles. The zero-order valence-corrected chi connectivity index (χ0v) is 16.1. The van der Waals surface area contributed by atoms with Crippen LogP contribution in [-0.4, -0.2) is 36.2 Å². The highest BCUT2D eigenvalue weighted by atomic mass is 15.5. The molecule has 0 fully saturated rings. The second-order valence-corrected chi connectivity index (χ2v) is 6.93. The molecule has 0 aliphatic carbocycles. The Morgan fingerprint density at radius 1 is 0.786 bits per heavy atom. The van der Waals surface area contributed by atoms with Gasteiger partial charge in [-0.15, -0.1) is 10.2 Å². The maximum atomic E-state index is 4.26. The highest BCUT2D eigenvalue weighted by Gasteiger charge is 2.11. The molecule has 4 aromatic rings.